The van der Waals surface area contributed by atoms with E-state index in [1.54, 1.807) is 0 Å². The van der Waals surface area contributed by atoms with Gasteiger partial charge in [0, 0.05) is 0 Å². The van der Waals surface area contributed by atoms with Crippen molar-refractivity contribution in [3.05, 3.63) is 0 Å². The Morgan fingerprint density at radius 3 is 1.11 bits per heavy atom. The zero-order valence-corrected chi connectivity index (χ0v) is 5.93. The Labute approximate surface area is 52.9 Å². The summed E-state index contributed by atoms with van der Waals surface area (Å²) >= 11 is -5.52. The van der Waals surface area contributed by atoms with Crippen LogP contribution < -0.4 is 0 Å². The molecule has 0 radical (unpaired) electrons. The van der Waals surface area contributed by atoms with Gasteiger partial charge < -0.3 is 10.2 Å². The van der Waals surface area contributed by atoms with Gasteiger partial charge in [0.1, 0.15) is 0 Å². The molecule has 56 valence electrons. The first-order valence-electron chi connectivity index (χ1n) is 1.35. The minimum absolute atomic E-state index is 1.83. The Morgan fingerprint density at radius 1 is 1.11 bits per heavy atom. The first-order chi connectivity index (χ1) is 3.73. The molecule has 0 aliphatic rings. The Hall–Kier alpha value is -0.522. The predicted octanol–water partition coefficient (Wildman–Crippen LogP) is -1.13. The molecule has 0 saturated carbocycles. The molecule has 0 bridgehead atoms. The second-order valence-electron chi connectivity index (χ2n) is 0.730. The zero-order chi connectivity index (χ0) is 8.08. The summed E-state index contributed by atoms with van der Waals surface area (Å²) < 4.78 is 32.0. The van der Waals surface area contributed by atoms with Crippen molar-refractivity contribution in [1.82, 2.24) is 0 Å². The van der Waals surface area contributed by atoms with E-state index in [-0.39, 0.29) is 0 Å². The molecule has 0 amide bonds. The summed E-state index contributed by atoms with van der Waals surface area (Å²) in [6.45, 7) is 0. The summed E-state index contributed by atoms with van der Waals surface area (Å²) in [5.74, 6) is 0. The summed E-state index contributed by atoms with van der Waals surface area (Å²) in [7, 11) is 0. The molecule has 0 spiro atoms. The van der Waals surface area contributed by atoms with Gasteiger partial charge in [0.25, 0.3) is 0 Å². The summed E-state index contributed by atoms with van der Waals surface area (Å²) in [5.41, 5.74) is 0. The van der Waals surface area contributed by atoms with Gasteiger partial charge in [-0.15, -0.1) is 0 Å². The van der Waals surface area contributed by atoms with Crippen molar-refractivity contribution < 1.29 is 46.1 Å². The second kappa shape index (κ2) is 4.37. The van der Waals surface area contributed by atoms with Crippen LogP contribution in [0.5, 0.6) is 0 Å². The molecule has 0 aliphatic heterocycles. The fraction of sp³-hybridized carbons (Fsp3) is 0. The molecule has 0 aromatic rings. The predicted molar refractivity (Wildman–Crippen MR) is 16.5 cm³/mol. The molecule has 0 aromatic heterocycles. The van der Waals surface area contributed by atoms with Gasteiger partial charge in [-0.2, -0.15) is 0 Å². The maximum atomic E-state index is 8.85. The third kappa shape index (κ3) is 825. The van der Waals surface area contributed by atoms with Crippen molar-refractivity contribution in [3.63, 3.8) is 0 Å². The van der Waals surface area contributed by atoms with Gasteiger partial charge >= 0.3 is 37.2 Å². The second-order valence-corrected chi connectivity index (χ2v) is 2.93. The number of hydrogen-bond acceptors (Lipinski definition) is 3. The molecule has 0 aliphatic carbocycles. The first-order valence-corrected chi connectivity index (χ1v) is 4.78. The quantitative estimate of drug-likeness (QED) is 0.382. The molecule has 0 rings (SSSR count). The number of carboxylic acid groups (broad SMARTS) is 2. The van der Waals surface area contributed by atoms with E-state index in [2.05, 4.69) is 0 Å². The number of hydrogen-bond donors (Lipinski definition) is 4. The molecule has 0 unspecified atom stereocenters. The third-order valence-electron chi connectivity index (χ3n) is 0. The summed E-state index contributed by atoms with van der Waals surface area (Å²) in [6, 6.07) is 0. The molecule has 9 heavy (non-hydrogen) atoms. The van der Waals surface area contributed by atoms with Crippen LogP contribution in [-0.4, -0.2) is 23.9 Å². The van der Waals surface area contributed by atoms with Crippen molar-refractivity contribution in [1.29, 1.82) is 0 Å². The monoisotopic (exact) mass is 226 g/mol. The molecule has 8 heteroatoms. The molecule has 7 nitrogen and oxygen atoms in total. The molecule has 4 N–H and O–H groups in total. The van der Waals surface area contributed by atoms with Crippen LogP contribution in [-0.2, 0) is 23.5 Å². The Balaban J connectivity index is 0. The maximum absolute atomic E-state index is 8.85. The van der Waals surface area contributed by atoms with Gasteiger partial charge in [0.05, 0.1) is 0 Å². The van der Waals surface area contributed by atoms with Crippen LogP contribution >= 0.6 is 0 Å². The average molecular weight is 224 g/mol. The SMILES string of the molecule is O=C(O)O.[O]=[Mo](=[O])([OH])[OH]. The fourth-order valence-electron chi connectivity index (χ4n) is 0. The van der Waals surface area contributed by atoms with Crippen LogP contribution in [0.2, 0.25) is 0 Å². The molecular formula is CH4MoO7. The summed E-state index contributed by atoms with van der Waals surface area (Å²) in [6.07, 6.45) is -1.83. The van der Waals surface area contributed by atoms with E-state index >= 15 is 0 Å². The third-order valence-corrected chi connectivity index (χ3v) is 0. The topological polar surface area (TPSA) is 132 Å². The van der Waals surface area contributed by atoms with E-state index in [0.29, 0.717) is 0 Å². The first kappa shape index (κ1) is 11.3. The van der Waals surface area contributed by atoms with Crippen LogP contribution in [0.3, 0.4) is 0 Å². The Bertz CT molecular complexity index is 151. The van der Waals surface area contributed by atoms with Crippen LogP contribution in [0, 0.1) is 0 Å². The average Bonchev–Trinajstić information content (AvgIpc) is 1.19. The molecule has 0 saturated heterocycles. The molecular weight excluding hydrogens is 220 g/mol. The van der Waals surface area contributed by atoms with Gasteiger partial charge in [-0.25, -0.2) is 4.79 Å². The molecule has 0 atom stereocenters. The molecule has 0 fully saturated rings. The zero-order valence-electron chi connectivity index (χ0n) is 3.92. The van der Waals surface area contributed by atoms with Gasteiger partial charge in [-0.1, -0.05) is 0 Å². The van der Waals surface area contributed by atoms with Crippen LogP contribution in [0.4, 0.5) is 4.79 Å². The number of carbonyl (C=O) groups is 1. The van der Waals surface area contributed by atoms with E-state index in [0.717, 1.165) is 0 Å². The van der Waals surface area contributed by atoms with E-state index in [1.807, 2.05) is 0 Å². The number of rotatable bonds is 0. The van der Waals surface area contributed by atoms with Crippen molar-refractivity contribution >= 4 is 6.16 Å². The standard InChI is InChI=1S/CH2O3.Mo.2H2O.2O/c2-1(3)4;;;;;/h(H2,2,3,4);;2*1H2;;/q;+2;;;;/p-2. The Morgan fingerprint density at radius 2 is 1.11 bits per heavy atom. The molecule has 0 aromatic carbocycles. The van der Waals surface area contributed by atoms with E-state index in [9.17, 15) is 0 Å². The van der Waals surface area contributed by atoms with Crippen molar-refractivity contribution in [2.75, 3.05) is 0 Å². The minimum atomic E-state index is -5.52. The van der Waals surface area contributed by atoms with E-state index < -0.39 is 22.9 Å². The van der Waals surface area contributed by atoms with Gasteiger partial charge in [-0.05, 0) is 0 Å². The summed E-state index contributed by atoms with van der Waals surface area (Å²) in [4.78, 5) is 8.56. The van der Waals surface area contributed by atoms with Crippen LogP contribution in [0.1, 0.15) is 0 Å². The van der Waals surface area contributed by atoms with Gasteiger partial charge in [-0.3, -0.25) is 0 Å². The van der Waals surface area contributed by atoms with Crippen molar-refractivity contribution in [2.45, 2.75) is 0 Å². The summed E-state index contributed by atoms with van der Waals surface area (Å²) in [5, 5.41) is 13.9. The van der Waals surface area contributed by atoms with Gasteiger partial charge in [0.2, 0.25) is 0 Å². The van der Waals surface area contributed by atoms with Crippen LogP contribution in [0.25, 0.3) is 0 Å². The van der Waals surface area contributed by atoms with E-state index in [1.165, 1.54) is 0 Å². The fourth-order valence-corrected chi connectivity index (χ4v) is 0. The van der Waals surface area contributed by atoms with Crippen LogP contribution in [0.15, 0.2) is 0 Å². The van der Waals surface area contributed by atoms with Crippen molar-refractivity contribution in [2.24, 2.45) is 0 Å². The van der Waals surface area contributed by atoms with E-state index in [4.69, 9.17) is 29.3 Å². The van der Waals surface area contributed by atoms with Gasteiger partial charge in [0.15, 0.2) is 0 Å². The van der Waals surface area contributed by atoms with Crippen molar-refractivity contribution in [3.8, 4) is 0 Å². The molecule has 0 heterocycles. The normalized spacial score (nSPS) is 9.11. The Kier molecular flexibility index (Phi) is 5.48.